The van der Waals surface area contributed by atoms with Gasteiger partial charge in [0.05, 0.1) is 36.2 Å². The Morgan fingerprint density at radius 2 is 1.26 bits per heavy atom. The summed E-state index contributed by atoms with van der Waals surface area (Å²) in [7, 11) is 0. The topological polar surface area (TPSA) is 199 Å². The normalized spacial score (nSPS) is 41.6. The van der Waals surface area contributed by atoms with Crippen LogP contribution in [-0.4, -0.2) is 85.1 Å². The molecule has 46 heavy (non-hydrogen) atoms. The lowest BCUT2D eigenvalue weighted by molar-refractivity contribution is -0.140. The molecule has 4 rings (SSSR count). The number of aliphatic hydroxyl groups excluding tert-OH is 5. The lowest BCUT2D eigenvalue weighted by atomic mass is 9.66. The van der Waals surface area contributed by atoms with Crippen LogP contribution >= 0.6 is 0 Å². The van der Waals surface area contributed by atoms with Crippen molar-refractivity contribution in [2.24, 2.45) is 47.3 Å². The minimum Gasteiger partial charge on any atom is -0.392 e. The molecule has 0 aromatic carbocycles. The molecule has 0 fully saturated rings. The van der Waals surface area contributed by atoms with E-state index in [0.717, 1.165) is 6.08 Å². The molecule has 0 spiro atoms. The Balaban J connectivity index is 2.09. The second kappa shape index (κ2) is 14.8. The summed E-state index contributed by atoms with van der Waals surface area (Å²) in [6.45, 7) is 12.7. The zero-order valence-electron chi connectivity index (χ0n) is 27.8. The van der Waals surface area contributed by atoms with Gasteiger partial charge in [0.2, 0.25) is 5.78 Å². The van der Waals surface area contributed by atoms with Crippen molar-refractivity contribution in [3.05, 3.63) is 46.7 Å². The fraction of sp³-hybridized carbons (Fsp3) is 0.629. The molecule has 0 radical (unpaired) electrons. The molecule has 2 aliphatic carbocycles. The molecule has 254 valence electrons. The molecule has 11 nitrogen and oxygen atoms in total. The standard InChI is InChI=1S/C35H49NO10/c1-14-10-9-11-15(2)35(46)36-22-13-23(37)24-25(32(43)21(8)33(44)26(24)34(22)45)29(40)17(4)12-16(3)28(39)19(6)31(42)20(7)30(41)18(5)27(14)38/h9-11,13-14,16-21,25,27-28,30-31,33,38-39,41-42,44H,12H2,1-8H3,(H,36,46)/b10-9-,15-11?/t14-,16?,17?,18+,19+,20+,21?,25?,27-,28-,30+,31+,33?/m0/s1. The number of amides is 1. The van der Waals surface area contributed by atoms with Gasteiger partial charge < -0.3 is 30.8 Å². The first-order chi connectivity index (χ1) is 21.3. The molecule has 2 aliphatic heterocycles. The third-order valence-corrected chi connectivity index (χ3v) is 10.3. The summed E-state index contributed by atoms with van der Waals surface area (Å²) in [5.41, 5.74) is -1.03. The Morgan fingerprint density at radius 3 is 1.85 bits per heavy atom. The van der Waals surface area contributed by atoms with Crippen LogP contribution in [0.15, 0.2) is 46.7 Å². The van der Waals surface area contributed by atoms with Gasteiger partial charge in [0.15, 0.2) is 17.3 Å². The van der Waals surface area contributed by atoms with E-state index >= 15 is 0 Å². The summed E-state index contributed by atoms with van der Waals surface area (Å²) in [6.07, 6.45) is -0.569. The first-order valence-corrected chi connectivity index (χ1v) is 16.0. The molecule has 1 amide bonds. The van der Waals surface area contributed by atoms with Crippen LogP contribution < -0.4 is 5.32 Å². The zero-order chi connectivity index (χ0) is 34.9. The van der Waals surface area contributed by atoms with Crippen LogP contribution in [0.3, 0.4) is 0 Å². The van der Waals surface area contributed by atoms with E-state index in [1.807, 2.05) is 0 Å². The minimum atomic E-state index is -1.66. The number of Topliss-reactive ketones (excluding diaryl/α,β-unsaturated/α-hetero) is 3. The Labute approximate surface area is 270 Å². The first-order valence-electron chi connectivity index (χ1n) is 16.0. The molecule has 5 unspecified atom stereocenters. The van der Waals surface area contributed by atoms with E-state index in [0.29, 0.717) is 0 Å². The van der Waals surface area contributed by atoms with Crippen molar-refractivity contribution in [2.45, 2.75) is 92.3 Å². The van der Waals surface area contributed by atoms with Crippen LogP contribution in [0.4, 0.5) is 0 Å². The fourth-order valence-corrected chi connectivity index (χ4v) is 6.90. The molecule has 0 saturated heterocycles. The van der Waals surface area contributed by atoms with E-state index in [2.05, 4.69) is 5.32 Å². The van der Waals surface area contributed by atoms with Gasteiger partial charge in [-0.05, 0) is 19.3 Å². The van der Waals surface area contributed by atoms with Crippen LogP contribution in [0.25, 0.3) is 0 Å². The summed E-state index contributed by atoms with van der Waals surface area (Å²) in [6, 6.07) is 0. The van der Waals surface area contributed by atoms with Crippen LogP contribution in [0.1, 0.15) is 61.8 Å². The van der Waals surface area contributed by atoms with E-state index < -0.39 is 124 Å². The minimum absolute atomic E-state index is 0.0706. The maximum absolute atomic E-state index is 13.8. The number of allylic oxidation sites excluding steroid dienone is 5. The van der Waals surface area contributed by atoms with Gasteiger partial charge in [0, 0.05) is 58.3 Å². The number of ketones is 4. The number of hydrogen-bond acceptors (Lipinski definition) is 10. The molecule has 4 bridgehead atoms. The summed E-state index contributed by atoms with van der Waals surface area (Å²) in [5, 5.41) is 57.7. The van der Waals surface area contributed by atoms with Gasteiger partial charge in [0.1, 0.15) is 5.92 Å². The Kier molecular flexibility index (Phi) is 12.0. The van der Waals surface area contributed by atoms with Gasteiger partial charge >= 0.3 is 0 Å². The molecule has 4 aliphatic rings. The van der Waals surface area contributed by atoms with Gasteiger partial charge in [0.25, 0.3) is 5.91 Å². The molecular weight excluding hydrogens is 594 g/mol. The number of nitrogens with one attached hydrogen (secondary N) is 1. The SMILES string of the molecule is CC1=C/C=C\[C@H](C)[C@H](O)[C@@H](C)[C@@H](O)[C@@H](C)[C@H](O)[C@H](C)[C@@H](O)C(C)CC(C)C(=O)C2C(=O)C(C)C(O)C3=C2C(=O)C=C(NC1=O)C3=O. The quantitative estimate of drug-likeness (QED) is 0.166. The molecule has 13 atom stereocenters. The van der Waals surface area contributed by atoms with Gasteiger partial charge in [-0.15, -0.1) is 0 Å². The number of hydrogen-bond donors (Lipinski definition) is 6. The van der Waals surface area contributed by atoms with Crippen molar-refractivity contribution >= 4 is 29.0 Å². The highest BCUT2D eigenvalue weighted by atomic mass is 16.3. The third kappa shape index (κ3) is 7.23. The van der Waals surface area contributed by atoms with E-state index in [-0.39, 0.29) is 12.0 Å². The van der Waals surface area contributed by atoms with Gasteiger partial charge in [-0.2, -0.15) is 0 Å². The lowest BCUT2D eigenvalue weighted by Gasteiger charge is -2.38. The number of rotatable bonds is 0. The molecule has 2 heterocycles. The molecule has 11 heteroatoms. The van der Waals surface area contributed by atoms with Crippen molar-refractivity contribution in [3.63, 3.8) is 0 Å². The molecule has 0 aromatic rings. The Bertz CT molecular complexity index is 1370. The number of carbonyl (C=O) groups excluding carboxylic acids is 5. The molecule has 0 aromatic heterocycles. The lowest BCUT2D eigenvalue weighted by Crippen LogP contribution is -2.49. The highest BCUT2D eigenvalue weighted by Crippen LogP contribution is 2.39. The Morgan fingerprint density at radius 1 is 0.717 bits per heavy atom. The monoisotopic (exact) mass is 643 g/mol. The highest BCUT2D eigenvalue weighted by Gasteiger charge is 2.51. The smallest absolute Gasteiger partial charge is 0.251 e. The number of aliphatic hydroxyl groups is 5. The van der Waals surface area contributed by atoms with Crippen molar-refractivity contribution in [1.82, 2.24) is 5.32 Å². The second-order valence-electron chi connectivity index (χ2n) is 13.8. The first kappa shape index (κ1) is 37.4. The zero-order valence-corrected chi connectivity index (χ0v) is 27.8. The van der Waals surface area contributed by atoms with Gasteiger partial charge in [-0.3, -0.25) is 24.0 Å². The van der Waals surface area contributed by atoms with Crippen LogP contribution in [0.2, 0.25) is 0 Å². The second-order valence-corrected chi connectivity index (χ2v) is 13.8. The van der Waals surface area contributed by atoms with Gasteiger partial charge in [-0.25, -0.2) is 0 Å². The predicted octanol–water partition coefficient (Wildman–Crippen LogP) is 1.37. The average Bonchev–Trinajstić information content (AvgIpc) is 3.02. The van der Waals surface area contributed by atoms with Crippen LogP contribution in [-0.2, 0) is 24.0 Å². The highest BCUT2D eigenvalue weighted by molar-refractivity contribution is 6.29. The fourth-order valence-electron chi connectivity index (χ4n) is 6.90. The number of fused-ring (bicyclic) bond motifs is 16. The van der Waals surface area contributed by atoms with Crippen LogP contribution in [0.5, 0.6) is 0 Å². The third-order valence-electron chi connectivity index (χ3n) is 10.3. The van der Waals surface area contributed by atoms with Crippen LogP contribution in [0, 0.1) is 47.3 Å². The van der Waals surface area contributed by atoms with E-state index in [9.17, 15) is 49.5 Å². The number of carbonyl (C=O) groups is 5. The van der Waals surface area contributed by atoms with Crippen molar-refractivity contribution in [2.75, 3.05) is 0 Å². The maximum Gasteiger partial charge on any atom is 0.251 e. The molecular formula is C35H49NO10. The predicted molar refractivity (Wildman–Crippen MR) is 168 cm³/mol. The van der Waals surface area contributed by atoms with Crippen molar-refractivity contribution in [3.8, 4) is 0 Å². The summed E-state index contributed by atoms with van der Waals surface area (Å²) in [4.78, 5) is 67.1. The Hall–Kier alpha value is -3.09. The molecule has 6 N–H and O–H groups in total. The largest absolute Gasteiger partial charge is 0.392 e. The van der Waals surface area contributed by atoms with E-state index in [1.54, 1.807) is 47.6 Å². The maximum atomic E-state index is 13.8. The summed E-state index contributed by atoms with van der Waals surface area (Å²) >= 11 is 0. The summed E-state index contributed by atoms with van der Waals surface area (Å²) in [5.74, 6) is -10.6. The van der Waals surface area contributed by atoms with Crippen molar-refractivity contribution in [1.29, 1.82) is 0 Å². The van der Waals surface area contributed by atoms with Gasteiger partial charge in [-0.1, -0.05) is 66.7 Å². The van der Waals surface area contributed by atoms with E-state index in [4.69, 9.17) is 0 Å². The average molecular weight is 644 g/mol. The van der Waals surface area contributed by atoms with E-state index in [1.165, 1.54) is 26.0 Å². The molecule has 0 saturated carbocycles. The van der Waals surface area contributed by atoms with Crippen molar-refractivity contribution < 1.29 is 49.5 Å². The summed E-state index contributed by atoms with van der Waals surface area (Å²) < 4.78 is 0.